The third-order valence-corrected chi connectivity index (χ3v) is 1.87. The van der Waals surface area contributed by atoms with Crippen LogP contribution in [0.4, 0.5) is 4.39 Å². The van der Waals surface area contributed by atoms with Gasteiger partial charge in [-0.2, -0.15) is 5.10 Å². The van der Waals surface area contributed by atoms with Crippen LogP contribution in [0, 0.1) is 5.82 Å². The first-order valence-corrected chi connectivity index (χ1v) is 5.48. The van der Waals surface area contributed by atoms with E-state index in [2.05, 4.69) is 10.4 Å². The summed E-state index contributed by atoms with van der Waals surface area (Å²) >= 11 is 0. The fourth-order valence-corrected chi connectivity index (χ4v) is 1.11. The molecule has 0 radical (unpaired) electrons. The van der Waals surface area contributed by atoms with Gasteiger partial charge in [0.15, 0.2) is 5.82 Å². The predicted octanol–water partition coefficient (Wildman–Crippen LogP) is 1.92. The van der Waals surface area contributed by atoms with E-state index in [-0.39, 0.29) is 24.2 Å². The van der Waals surface area contributed by atoms with E-state index < -0.39 is 0 Å². The van der Waals surface area contributed by atoms with E-state index in [0.29, 0.717) is 5.69 Å². The number of hydrogen-bond acceptors (Lipinski definition) is 2. The minimum absolute atomic E-state index is 0.0286. The minimum atomic E-state index is -0.357. The van der Waals surface area contributed by atoms with Crippen LogP contribution in [0.1, 0.15) is 39.3 Å². The highest BCUT2D eigenvalue weighted by Gasteiger charge is 2.12. The van der Waals surface area contributed by atoms with Gasteiger partial charge in [-0.3, -0.25) is 9.48 Å². The molecule has 16 heavy (non-hydrogen) atoms. The molecule has 0 spiro atoms. The largest absolute Gasteiger partial charge is 0.358 e. The second-order valence-corrected chi connectivity index (χ2v) is 3.39. The highest BCUT2D eigenvalue weighted by molar-refractivity contribution is 5.75. The quantitative estimate of drug-likeness (QED) is 0.860. The molecule has 0 atom stereocenters. The van der Waals surface area contributed by atoms with Crippen LogP contribution in [0.15, 0.2) is 6.20 Å². The molecule has 0 fully saturated rings. The normalized spacial score (nSPS) is 9.69. The van der Waals surface area contributed by atoms with Gasteiger partial charge in [-0.1, -0.05) is 27.7 Å². The summed E-state index contributed by atoms with van der Waals surface area (Å²) in [5.74, 6) is -0.521. The number of amides is 1. The van der Waals surface area contributed by atoms with Crippen molar-refractivity contribution in [3.8, 4) is 0 Å². The maximum atomic E-state index is 13.2. The van der Waals surface area contributed by atoms with Gasteiger partial charge in [-0.25, -0.2) is 4.39 Å². The summed E-state index contributed by atoms with van der Waals surface area (Å²) in [7, 11) is 1.53. The van der Waals surface area contributed by atoms with Crippen molar-refractivity contribution >= 4 is 5.91 Å². The van der Waals surface area contributed by atoms with Gasteiger partial charge in [0.25, 0.3) is 0 Å². The molecular weight excluding hydrogens is 209 g/mol. The first-order valence-electron chi connectivity index (χ1n) is 5.48. The Morgan fingerprint density at radius 1 is 1.56 bits per heavy atom. The van der Waals surface area contributed by atoms with Crippen LogP contribution in [0.25, 0.3) is 0 Å². The molecule has 1 amide bonds. The summed E-state index contributed by atoms with van der Waals surface area (Å²) < 4.78 is 14.5. The molecule has 0 saturated carbocycles. The van der Waals surface area contributed by atoms with Gasteiger partial charge in [0.05, 0.1) is 6.20 Å². The molecule has 0 saturated heterocycles. The lowest BCUT2D eigenvalue weighted by Crippen LogP contribution is -2.23. The van der Waals surface area contributed by atoms with Crippen molar-refractivity contribution < 1.29 is 9.18 Å². The smallest absolute Gasteiger partial charge is 0.241 e. The average Bonchev–Trinajstić information content (AvgIpc) is 2.62. The van der Waals surface area contributed by atoms with E-state index in [4.69, 9.17) is 0 Å². The van der Waals surface area contributed by atoms with E-state index in [1.54, 1.807) is 0 Å². The molecule has 1 N–H and O–H groups in total. The Balaban J connectivity index is 0.00000106. The fraction of sp³-hybridized carbons (Fsp3) is 0.636. The maximum Gasteiger partial charge on any atom is 0.241 e. The Hall–Kier alpha value is -1.39. The number of nitrogens with one attached hydrogen (secondary N) is 1. The van der Waals surface area contributed by atoms with Crippen LogP contribution in [0.5, 0.6) is 0 Å². The SMILES string of the molecule is CC.CNC(=O)Cn1cc(F)c(C(C)C)n1. The highest BCUT2D eigenvalue weighted by atomic mass is 19.1. The summed E-state index contributed by atoms with van der Waals surface area (Å²) in [4.78, 5) is 11.0. The molecule has 0 bridgehead atoms. The Bertz CT molecular complexity index is 334. The zero-order chi connectivity index (χ0) is 12.7. The number of likely N-dealkylation sites (N-methyl/N-ethyl adjacent to an activating group) is 1. The molecule has 5 heteroatoms. The Labute approximate surface area is 95.8 Å². The van der Waals surface area contributed by atoms with Crippen molar-refractivity contribution in [3.63, 3.8) is 0 Å². The molecule has 4 nitrogen and oxygen atoms in total. The lowest BCUT2D eigenvalue weighted by molar-refractivity contribution is -0.121. The first-order chi connectivity index (χ1) is 7.54. The standard InChI is InChI=1S/C9H14FN3O.C2H6/c1-6(2)9-7(10)4-13(12-9)5-8(14)11-3;1-2/h4,6H,5H2,1-3H3,(H,11,14);1-2H3. The van der Waals surface area contributed by atoms with E-state index in [1.165, 1.54) is 17.9 Å². The van der Waals surface area contributed by atoms with Crippen LogP contribution < -0.4 is 5.32 Å². The molecule has 1 aromatic rings. The van der Waals surface area contributed by atoms with Crippen molar-refractivity contribution in [2.24, 2.45) is 0 Å². The van der Waals surface area contributed by atoms with Gasteiger partial charge in [0, 0.05) is 13.0 Å². The third-order valence-electron chi connectivity index (χ3n) is 1.87. The topological polar surface area (TPSA) is 46.9 Å². The van der Waals surface area contributed by atoms with Crippen LogP contribution in [0.2, 0.25) is 0 Å². The number of nitrogens with zero attached hydrogens (tertiary/aromatic N) is 2. The summed E-state index contributed by atoms with van der Waals surface area (Å²) in [5.41, 5.74) is 0.397. The fourth-order valence-electron chi connectivity index (χ4n) is 1.11. The van der Waals surface area contributed by atoms with Gasteiger partial charge in [-0.05, 0) is 0 Å². The van der Waals surface area contributed by atoms with Gasteiger partial charge in [-0.15, -0.1) is 0 Å². The number of aromatic nitrogens is 2. The Morgan fingerprint density at radius 3 is 2.50 bits per heavy atom. The zero-order valence-corrected chi connectivity index (χ0v) is 10.5. The minimum Gasteiger partial charge on any atom is -0.358 e. The lowest BCUT2D eigenvalue weighted by Gasteiger charge is -2.00. The molecule has 0 aliphatic carbocycles. The molecule has 0 aliphatic heterocycles. The first kappa shape index (κ1) is 14.6. The van der Waals surface area contributed by atoms with E-state index in [9.17, 15) is 9.18 Å². The maximum absolute atomic E-state index is 13.2. The third kappa shape index (κ3) is 4.00. The molecule has 92 valence electrons. The molecule has 1 rings (SSSR count). The van der Waals surface area contributed by atoms with Crippen LogP contribution in [-0.4, -0.2) is 22.7 Å². The van der Waals surface area contributed by atoms with Crippen molar-refractivity contribution in [3.05, 3.63) is 17.7 Å². The summed E-state index contributed by atoms with van der Waals surface area (Å²) in [6.07, 6.45) is 1.24. The van der Waals surface area contributed by atoms with Crippen LogP contribution in [-0.2, 0) is 11.3 Å². The average molecular weight is 229 g/mol. The zero-order valence-electron chi connectivity index (χ0n) is 10.5. The number of carbonyl (C=O) groups is 1. The van der Waals surface area contributed by atoms with Gasteiger partial charge < -0.3 is 5.32 Å². The van der Waals surface area contributed by atoms with E-state index >= 15 is 0 Å². The van der Waals surface area contributed by atoms with Crippen molar-refractivity contribution in [1.29, 1.82) is 0 Å². The molecule has 0 aliphatic rings. The monoisotopic (exact) mass is 229 g/mol. The van der Waals surface area contributed by atoms with Crippen molar-refractivity contribution in [2.75, 3.05) is 7.05 Å². The van der Waals surface area contributed by atoms with Crippen LogP contribution >= 0.6 is 0 Å². The van der Waals surface area contributed by atoms with E-state index in [0.717, 1.165) is 0 Å². The van der Waals surface area contributed by atoms with Crippen LogP contribution in [0.3, 0.4) is 0 Å². The molecular formula is C11H20FN3O. The second-order valence-electron chi connectivity index (χ2n) is 3.39. The van der Waals surface area contributed by atoms with Crippen molar-refractivity contribution in [1.82, 2.24) is 15.1 Å². The predicted molar refractivity (Wildman–Crippen MR) is 61.7 cm³/mol. The lowest BCUT2D eigenvalue weighted by atomic mass is 10.1. The highest BCUT2D eigenvalue weighted by Crippen LogP contribution is 2.15. The van der Waals surface area contributed by atoms with Gasteiger partial charge in [0.2, 0.25) is 5.91 Å². The molecule has 1 heterocycles. The summed E-state index contributed by atoms with van der Waals surface area (Å²) in [6.45, 7) is 7.77. The van der Waals surface area contributed by atoms with Gasteiger partial charge >= 0.3 is 0 Å². The Kier molecular flexibility index (Phi) is 6.37. The van der Waals surface area contributed by atoms with E-state index in [1.807, 2.05) is 27.7 Å². The number of carbonyl (C=O) groups excluding carboxylic acids is 1. The molecule has 1 aromatic heterocycles. The second kappa shape index (κ2) is 6.98. The molecule has 0 aromatic carbocycles. The summed E-state index contributed by atoms with van der Waals surface area (Å²) in [6, 6.07) is 0. The van der Waals surface area contributed by atoms with Gasteiger partial charge in [0.1, 0.15) is 12.2 Å². The Morgan fingerprint density at radius 2 is 2.12 bits per heavy atom. The molecule has 0 unspecified atom stereocenters. The number of rotatable bonds is 3. The number of hydrogen-bond donors (Lipinski definition) is 1. The van der Waals surface area contributed by atoms with Crippen molar-refractivity contribution in [2.45, 2.75) is 40.2 Å². The number of halogens is 1. The summed E-state index contributed by atoms with van der Waals surface area (Å²) in [5, 5.41) is 6.43.